The molecular weight excluding hydrogens is 470 g/mol. The average molecular weight is 493 g/mol. The minimum atomic E-state index is -1.31. The van der Waals surface area contributed by atoms with Crippen LogP contribution in [0.5, 0.6) is 5.75 Å². The van der Waals surface area contributed by atoms with Gasteiger partial charge in [-0.3, -0.25) is 9.48 Å². The van der Waals surface area contributed by atoms with Gasteiger partial charge in [-0.25, -0.2) is 22.5 Å². The Morgan fingerprint density at radius 3 is 2.60 bits per heavy atom. The number of halogens is 4. The number of amides is 1. The molecule has 0 saturated carbocycles. The summed E-state index contributed by atoms with van der Waals surface area (Å²) in [5.74, 6) is -4.09. The predicted octanol–water partition coefficient (Wildman–Crippen LogP) is 3.68. The van der Waals surface area contributed by atoms with E-state index < -0.39 is 52.9 Å². The maximum Gasteiger partial charge on any atom is 0.274 e. The molecule has 1 aliphatic rings. The number of nitrogens with two attached hydrogens (primary N) is 1. The van der Waals surface area contributed by atoms with Crippen LogP contribution in [0, 0.1) is 17.5 Å². The van der Waals surface area contributed by atoms with Gasteiger partial charge in [0.25, 0.3) is 5.91 Å². The zero-order valence-electron chi connectivity index (χ0n) is 18.9. The van der Waals surface area contributed by atoms with Crippen molar-refractivity contribution in [2.45, 2.75) is 31.2 Å². The summed E-state index contributed by atoms with van der Waals surface area (Å²) >= 11 is 0. The molecule has 8 nitrogen and oxygen atoms in total. The van der Waals surface area contributed by atoms with Crippen molar-refractivity contribution in [2.75, 3.05) is 19.0 Å². The summed E-state index contributed by atoms with van der Waals surface area (Å²) < 4.78 is 69.4. The van der Waals surface area contributed by atoms with Gasteiger partial charge in [0.05, 0.1) is 36.9 Å². The van der Waals surface area contributed by atoms with Gasteiger partial charge in [-0.15, -0.1) is 0 Å². The van der Waals surface area contributed by atoms with E-state index in [1.807, 2.05) is 0 Å². The van der Waals surface area contributed by atoms with Crippen LogP contribution in [0.2, 0.25) is 0 Å². The number of rotatable bonds is 5. The molecule has 2 unspecified atom stereocenters. The highest BCUT2D eigenvalue weighted by atomic mass is 19.1. The van der Waals surface area contributed by atoms with Crippen LogP contribution in [0.1, 0.15) is 35.1 Å². The number of aryl methyl sites for hydroxylation is 1. The van der Waals surface area contributed by atoms with Crippen LogP contribution in [-0.4, -0.2) is 46.6 Å². The van der Waals surface area contributed by atoms with Crippen molar-refractivity contribution in [3.63, 3.8) is 0 Å². The SMILES string of the molecule is COc1cc(F)c(-c2nc(C(=O)Nc3cnn(C)c3C3CCC(N)[C@@H](F)CO3)ccc2F)c(F)c1. The number of aromatic nitrogens is 3. The van der Waals surface area contributed by atoms with E-state index in [1.165, 1.54) is 18.0 Å². The standard InChI is InChI=1S/C23H23F4N5O3/c1-32-22(19-6-4-16(28)15(27)10-35-19)18(9-29-32)31-23(33)17-5-3-12(24)21(30-17)20-13(25)7-11(34-2)8-14(20)26/h3,5,7-9,15-16,19H,4,6,10,28H2,1-2H3,(H,31,33)/t15-,16?,19?/m0/s1. The summed E-state index contributed by atoms with van der Waals surface area (Å²) in [6, 6.07) is 3.08. The molecule has 0 bridgehead atoms. The molecule has 186 valence electrons. The first kappa shape index (κ1) is 24.6. The number of carbonyl (C=O) groups excluding carboxylic acids is 1. The molecule has 1 fully saturated rings. The highest BCUT2D eigenvalue weighted by Crippen LogP contribution is 2.33. The van der Waals surface area contributed by atoms with Crippen molar-refractivity contribution >= 4 is 11.6 Å². The lowest BCUT2D eigenvalue weighted by atomic mass is 10.0. The second-order valence-electron chi connectivity index (χ2n) is 8.09. The van der Waals surface area contributed by atoms with Crippen LogP contribution in [0.15, 0.2) is 30.5 Å². The molecule has 1 aliphatic heterocycles. The summed E-state index contributed by atoms with van der Waals surface area (Å²) in [5, 5.41) is 6.75. The number of alkyl halides is 1. The van der Waals surface area contributed by atoms with Gasteiger partial charge in [-0.05, 0) is 25.0 Å². The molecule has 3 N–H and O–H groups in total. The van der Waals surface area contributed by atoms with E-state index in [4.69, 9.17) is 15.2 Å². The molecule has 3 atom stereocenters. The van der Waals surface area contributed by atoms with Gasteiger partial charge in [-0.1, -0.05) is 0 Å². The Labute approximate surface area is 198 Å². The van der Waals surface area contributed by atoms with Crippen molar-refractivity contribution in [1.82, 2.24) is 14.8 Å². The van der Waals surface area contributed by atoms with Gasteiger partial charge >= 0.3 is 0 Å². The first-order valence-electron chi connectivity index (χ1n) is 10.7. The first-order chi connectivity index (χ1) is 16.7. The number of carbonyl (C=O) groups is 1. The van der Waals surface area contributed by atoms with Crippen LogP contribution in [0.4, 0.5) is 23.2 Å². The number of hydrogen-bond donors (Lipinski definition) is 2. The fourth-order valence-corrected chi connectivity index (χ4v) is 3.90. The Hall–Kier alpha value is -3.51. The van der Waals surface area contributed by atoms with Crippen LogP contribution in [-0.2, 0) is 11.8 Å². The molecule has 3 heterocycles. The minimum Gasteiger partial charge on any atom is -0.497 e. The number of anilines is 1. The molecule has 4 rings (SSSR count). The molecular formula is C23H23F4N5O3. The van der Waals surface area contributed by atoms with Gasteiger partial charge in [0.15, 0.2) is 0 Å². The lowest BCUT2D eigenvalue weighted by Crippen LogP contribution is -2.32. The number of hydrogen-bond acceptors (Lipinski definition) is 6. The molecule has 35 heavy (non-hydrogen) atoms. The Morgan fingerprint density at radius 1 is 1.20 bits per heavy atom. The van der Waals surface area contributed by atoms with E-state index in [1.54, 1.807) is 7.05 Å². The van der Waals surface area contributed by atoms with Crippen LogP contribution < -0.4 is 15.8 Å². The normalized spacial score (nSPS) is 20.4. The molecule has 2 aromatic heterocycles. The van der Waals surface area contributed by atoms with Crippen molar-refractivity contribution in [1.29, 1.82) is 0 Å². The third-order valence-electron chi connectivity index (χ3n) is 5.79. The van der Waals surface area contributed by atoms with Crippen molar-refractivity contribution in [3.8, 4) is 17.0 Å². The van der Waals surface area contributed by atoms with E-state index in [-0.39, 0.29) is 23.7 Å². The number of methoxy groups -OCH3 is 1. The summed E-state index contributed by atoms with van der Waals surface area (Å²) in [7, 11) is 2.87. The molecule has 1 saturated heterocycles. The smallest absolute Gasteiger partial charge is 0.274 e. The van der Waals surface area contributed by atoms with E-state index in [9.17, 15) is 22.4 Å². The maximum absolute atomic E-state index is 14.5. The van der Waals surface area contributed by atoms with E-state index in [0.29, 0.717) is 18.5 Å². The molecule has 12 heteroatoms. The van der Waals surface area contributed by atoms with E-state index >= 15 is 0 Å². The van der Waals surface area contributed by atoms with Crippen LogP contribution in [0.25, 0.3) is 11.3 Å². The number of ether oxygens (including phenoxy) is 2. The summed E-state index contributed by atoms with van der Waals surface area (Å²) in [4.78, 5) is 16.8. The second-order valence-corrected chi connectivity index (χ2v) is 8.09. The number of nitrogens with zero attached hydrogens (tertiary/aromatic N) is 3. The number of pyridine rings is 1. The van der Waals surface area contributed by atoms with Gasteiger partial charge in [-0.2, -0.15) is 5.10 Å². The third kappa shape index (κ3) is 4.98. The summed E-state index contributed by atoms with van der Waals surface area (Å²) in [6.07, 6.45) is 0.253. The quantitative estimate of drug-likeness (QED) is 0.526. The molecule has 1 aromatic carbocycles. The zero-order valence-corrected chi connectivity index (χ0v) is 18.9. The van der Waals surface area contributed by atoms with Crippen molar-refractivity contribution in [3.05, 3.63) is 59.3 Å². The van der Waals surface area contributed by atoms with Gasteiger partial charge in [0.1, 0.15) is 46.9 Å². The number of benzene rings is 1. The Kier molecular flexibility index (Phi) is 7.03. The molecule has 0 aliphatic carbocycles. The molecule has 0 spiro atoms. The highest BCUT2D eigenvalue weighted by molar-refractivity contribution is 6.03. The lowest BCUT2D eigenvalue weighted by Gasteiger charge is -2.17. The Bertz CT molecular complexity index is 1220. The second kappa shape index (κ2) is 10.0. The van der Waals surface area contributed by atoms with Crippen molar-refractivity contribution in [2.24, 2.45) is 12.8 Å². The number of nitrogens with one attached hydrogen (secondary N) is 1. The molecule has 0 radical (unpaired) electrons. The topological polar surface area (TPSA) is 104 Å². The maximum atomic E-state index is 14.5. The van der Waals surface area contributed by atoms with Gasteiger partial charge in [0, 0.05) is 25.2 Å². The first-order valence-corrected chi connectivity index (χ1v) is 10.7. The van der Waals surface area contributed by atoms with Gasteiger partial charge in [0.2, 0.25) is 0 Å². The zero-order chi connectivity index (χ0) is 25.3. The predicted molar refractivity (Wildman–Crippen MR) is 118 cm³/mol. The lowest BCUT2D eigenvalue weighted by molar-refractivity contribution is 0.0247. The minimum absolute atomic E-state index is 0.0945. The summed E-state index contributed by atoms with van der Waals surface area (Å²) in [6.45, 7) is -0.202. The fourth-order valence-electron chi connectivity index (χ4n) is 3.90. The largest absolute Gasteiger partial charge is 0.497 e. The molecule has 1 amide bonds. The van der Waals surface area contributed by atoms with E-state index in [0.717, 1.165) is 24.3 Å². The monoisotopic (exact) mass is 493 g/mol. The van der Waals surface area contributed by atoms with Crippen LogP contribution in [0.3, 0.4) is 0 Å². The Morgan fingerprint density at radius 2 is 1.91 bits per heavy atom. The van der Waals surface area contributed by atoms with Crippen LogP contribution >= 0.6 is 0 Å². The van der Waals surface area contributed by atoms with Gasteiger partial charge < -0.3 is 20.5 Å². The third-order valence-corrected chi connectivity index (χ3v) is 5.79. The van der Waals surface area contributed by atoms with Crippen molar-refractivity contribution < 1.29 is 31.8 Å². The van der Waals surface area contributed by atoms with E-state index in [2.05, 4.69) is 15.4 Å². The summed E-state index contributed by atoms with van der Waals surface area (Å²) in [5.41, 5.74) is 4.84. The highest BCUT2D eigenvalue weighted by Gasteiger charge is 2.30. The molecule has 3 aromatic rings. The average Bonchev–Trinajstić information content (AvgIpc) is 3.09. The Balaban J connectivity index is 1.62. The fraction of sp³-hybridized carbons (Fsp3) is 0.348.